The maximum absolute atomic E-state index is 2.48. The average Bonchev–Trinajstić information content (AvgIpc) is 1.95. The van der Waals surface area contributed by atoms with Gasteiger partial charge in [-0.3, -0.25) is 0 Å². The van der Waals surface area contributed by atoms with Crippen LogP contribution in [0, 0.1) is 0 Å². The molecule has 0 saturated heterocycles. The fraction of sp³-hybridized carbons (Fsp3) is 1.00. The van der Waals surface area contributed by atoms with Gasteiger partial charge in [-0.05, 0) is 16.3 Å². The van der Waals surface area contributed by atoms with Crippen LogP contribution in [0.4, 0.5) is 0 Å². The van der Waals surface area contributed by atoms with E-state index in [4.69, 9.17) is 0 Å². The first-order chi connectivity index (χ1) is 7.67. The summed E-state index contributed by atoms with van der Waals surface area (Å²) in [7, 11) is 1.50. The fourth-order valence-electron chi connectivity index (χ4n) is 0.375. The molecule has 0 N–H and O–H groups in total. The molecule has 0 fully saturated rings. The van der Waals surface area contributed by atoms with Crippen LogP contribution >= 0.6 is 0 Å². The van der Waals surface area contributed by atoms with E-state index in [0.29, 0.717) is 0 Å². The van der Waals surface area contributed by atoms with Gasteiger partial charge in [-0.2, -0.15) is 0 Å². The van der Waals surface area contributed by atoms with Crippen molar-refractivity contribution >= 4 is 66.6 Å². The molecule has 8 radical (unpaired) electrons. The van der Waals surface area contributed by atoms with Gasteiger partial charge >= 0.3 is 0 Å². The summed E-state index contributed by atoms with van der Waals surface area (Å²) in [6.45, 7) is 28.5. The summed E-state index contributed by atoms with van der Waals surface area (Å²) in [6, 6.07) is 0. The Morgan fingerprint density at radius 3 is 0.684 bits per heavy atom. The molecule has 0 heterocycles. The van der Waals surface area contributed by atoms with Crippen molar-refractivity contribution < 1.29 is 0 Å². The molecule has 112 valence electrons. The molecule has 0 unspecified atom stereocenters. The third-order valence-corrected chi connectivity index (χ3v) is 25.3. The van der Waals surface area contributed by atoms with Crippen molar-refractivity contribution in [2.24, 2.45) is 0 Å². The Labute approximate surface area is 144 Å². The van der Waals surface area contributed by atoms with Crippen LogP contribution in [0.25, 0.3) is 0 Å². The molecular weight excluding hydrogens is 385 g/mol. The van der Waals surface area contributed by atoms with Gasteiger partial charge in [-0.25, -0.2) is 0 Å². The van der Waals surface area contributed by atoms with Crippen LogP contribution in [0.3, 0.4) is 0 Å². The van der Waals surface area contributed by atoms with E-state index in [1.54, 1.807) is 0 Å². The monoisotopic (exact) mass is 422 g/mol. The number of hydrogen-bond donors (Lipinski definition) is 0. The molecule has 0 amide bonds. The summed E-state index contributed by atoms with van der Waals surface area (Å²) in [5, 5.41) is 0. The fourth-order valence-corrected chi connectivity index (χ4v) is 30.4. The molecule has 0 aliphatic carbocycles. The normalized spacial score (nSPS) is 11.5. The summed E-state index contributed by atoms with van der Waals surface area (Å²) in [5.41, 5.74) is 0. The van der Waals surface area contributed by atoms with Crippen LogP contribution in [0.2, 0.25) is 78.6 Å². The van der Waals surface area contributed by atoms with E-state index in [-0.39, 0.29) is 35.2 Å². The Kier molecular flexibility index (Phi) is 22.5. The zero-order valence-corrected chi connectivity index (χ0v) is 23.6. The van der Waals surface area contributed by atoms with Gasteiger partial charge in [0.2, 0.25) is 0 Å². The van der Waals surface area contributed by atoms with Crippen LogP contribution in [-0.2, 0) is 0 Å². The van der Waals surface area contributed by atoms with Crippen LogP contribution in [0.15, 0.2) is 0 Å². The number of rotatable bonds is 2. The maximum atomic E-state index is 2.48. The van der Waals surface area contributed by atoms with E-state index in [1.807, 2.05) is 0 Å². The minimum atomic E-state index is -0.692. The Balaban J connectivity index is -0.000000105. The smallest absolute Gasteiger partial charge is 0.0500 e. The van der Waals surface area contributed by atoms with E-state index < -0.39 is 15.2 Å². The van der Waals surface area contributed by atoms with Crippen LogP contribution in [0.5, 0.6) is 0 Å². The third kappa shape index (κ3) is 80.8. The van der Waals surface area contributed by atoms with Crippen molar-refractivity contribution in [2.45, 2.75) is 78.6 Å². The standard InChI is InChI=1S/C6H18Si4.2C3H9Si.Ge/c1-9(2,3)7-8-10(4,5)6;2*1-4(2)3;/h1-6H3;2*1-3H3;. The van der Waals surface area contributed by atoms with Gasteiger partial charge in [0, 0.05) is 35.2 Å². The Hall–Kier alpha value is 1.84. The van der Waals surface area contributed by atoms with Crippen LogP contribution in [0.1, 0.15) is 0 Å². The molecule has 0 rings (SSSR count). The van der Waals surface area contributed by atoms with Crippen molar-refractivity contribution in [1.82, 2.24) is 0 Å². The van der Waals surface area contributed by atoms with Crippen molar-refractivity contribution in [3.63, 3.8) is 0 Å². The van der Waals surface area contributed by atoms with Gasteiger partial charge in [-0.15, -0.1) is 0 Å². The van der Waals surface area contributed by atoms with E-state index in [1.165, 1.54) is 16.3 Å². The molecule has 19 heavy (non-hydrogen) atoms. The van der Waals surface area contributed by atoms with Gasteiger partial charge in [0.25, 0.3) is 0 Å². The second kappa shape index (κ2) is 14.8. The molecule has 0 bridgehead atoms. The average molecular weight is 422 g/mol. The summed E-state index contributed by atoms with van der Waals surface area (Å²) in [5.74, 6) is 0. The van der Waals surface area contributed by atoms with E-state index in [9.17, 15) is 0 Å². The van der Waals surface area contributed by atoms with Crippen molar-refractivity contribution in [3.05, 3.63) is 0 Å². The molecule has 0 aliphatic rings. The molecule has 7 heteroatoms. The first-order valence-corrected chi connectivity index (χ1v) is 24.8. The largest absolute Gasteiger partial charge is 0.0715 e. The second-order valence-corrected chi connectivity index (χ2v) is 38.2. The summed E-state index contributed by atoms with van der Waals surface area (Å²) < 4.78 is 0. The quantitative estimate of drug-likeness (QED) is 0.582. The molecule has 0 aliphatic heterocycles. The van der Waals surface area contributed by atoms with Gasteiger partial charge in [0.05, 0.1) is 15.2 Å². The molecule has 0 aromatic heterocycles. The Morgan fingerprint density at radius 2 is 0.632 bits per heavy atom. The SMILES string of the molecule is C[Si](C)(C)/[Si]=[Si]\[Si](C)(C)C.C[Si](C)C.C[Si](C)C.[Ge]. The minimum absolute atomic E-state index is 0. The van der Waals surface area contributed by atoms with Gasteiger partial charge in [0.1, 0.15) is 0 Å². The molecule has 0 saturated carbocycles. The Bertz CT molecular complexity index is 176. The molecule has 0 spiro atoms. The predicted octanol–water partition coefficient (Wildman–Crippen LogP) is 4.34. The topological polar surface area (TPSA) is 0 Å². The van der Waals surface area contributed by atoms with Gasteiger partial charge in [-0.1, -0.05) is 78.6 Å². The summed E-state index contributed by atoms with van der Waals surface area (Å²) in [6.07, 6.45) is 0. The summed E-state index contributed by atoms with van der Waals surface area (Å²) in [4.78, 5) is 0. The van der Waals surface area contributed by atoms with Crippen LogP contribution in [-0.4, -0.2) is 66.6 Å². The van der Waals surface area contributed by atoms with Gasteiger partial charge < -0.3 is 0 Å². The molecule has 0 aromatic rings. The number of hydrogen-bond acceptors (Lipinski definition) is 0. The van der Waals surface area contributed by atoms with Gasteiger partial charge in [0.15, 0.2) is 0 Å². The Morgan fingerprint density at radius 1 is 0.526 bits per heavy atom. The predicted molar refractivity (Wildman–Crippen MR) is 111 cm³/mol. The first-order valence-electron chi connectivity index (χ1n) is 6.75. The van der Waals surface area contributed by atoms with E-state index in [0.717, 1.165) is 0 Å². The van der Waals surface area contributed by atoms with Crippen molar-refractivity contribution in [2.75, 3.05) is 0 Å². The van der Waals surface area contributed by atoms with E-state index in [2.05, 4.69) is 78.6 Å². The molecule has 0 atom stereocenters. The minimum Gasteiger partial charge on any atom is -0.0715 e. The van der Waals surface area contributed by atoms with Crippen LogP contribution < -0.4 is 0 Å². The maximum Gasteiger partial charge on any atom is 0.0500 e. The zero-order chi connectivity index (χ0) is 15.6. The molecule has 0 nitrogen and oxygen atoms in total. The summed E-state index contributed by atoms with van der Waals surface area (Å²) >= 11 is 0. The van der Waals surface area contributed by atoms with E-state index >= 15 is 0 Å². The molecular formula is C12H36GeSi6. The molecule has 0 aromatic carbocycles. The zero-order valence-electron chi connectivity index (χ0n) is 15.5. The second-order valence-electron chi connectivity index (χ2n) is 7.75. The third-order valence-electron chi connectivity index (χ3n) is 0.812. The first kappa shape index (κ1) is 28.9. The van der Waals surface area contributed by atoms with Crippen molar-refractivity contribution in [3.8, 4) is 0 Å². The van der Waals surface area contributed by atoms with Crippen molar-refractivity contribution in [1.29, 1.82) is 0 Å².